The third-order valence-corrected chi connectivity index (χ3v) is 7.02. The lowest BCUT2D eigenvalue weighted by Gasteiger charge is -2.37. The standard InChI is InChI=1S/C15H18F6O5S/c16-14(17,18)13(15(19,20)21,7-27(23,24)25)26-11(22)6-12-4-8-1-9(5-12)3-10(12)2-8/h8-10H,1-7H2,(H,23,24,25)/t8-,9?,10?,12?/m0/s1. The second-order valence-corrected chi connectivity index (χ2v) is 9.56. The zero-order valence-electron chi connectivity index (χ0n) is 13.9. The number of alkyl halides is 6. The molecule has 0 spiro atoms. The van der Waals surface area contributed by atoms with Crippen molar-refractivity contribution in [3.63, 3.8) is 0 Å². The number of ether oxygens (including phenoxy) is 1. The van der Waals surface area contributed by atoms with Crippen LogP contribution in [-0.2, 0) is 19.6 Å². The Hall–Kier alpha value is -1.04. The molecule has 0 aromatic carbocycles. The van der Waals surface area contributed by atoms with Crippen LogP contribution in [0.25, 0.3) is 0 Å². The summed E-state index contributed by atoms with van der Waals surface area (Å²) in [5.41, 5.74) is -5.98. The van der Waals surface area contributed by atoms with Gasteiger partial charge < -0.3 is 4.74 Å². The smallest absolute Gasteiger partial charge is 0.438 e. The summed E-state index contributed by atoms with van der Waals surface area (Å²) < 4.78 is 114. The zero-order valence-corrected chi connectivity index (χ0v) is 14.8. The summed E-state index contributed by atoms with van der Waals surface area (Å²) in [4.78, 5) is 12.2. The monoisotopic (exact) mass is 424 g/mol. The Morgan fingerprint density at radius 2 is 1.48 bits per heavy atom. The van der Waals surface area contributed by atoms with Gasteiger partial charge in [-0.15, -0.1) is 0 Å². The van der Waals surface area contributed by atoms with Gasteiger partial charge >= 0.3 is 23.9 Å². The molecule has 4 aliphatic carbocycles. The van der Waals surface area contributed by atoms with E-state index in [4.69, 9.17) is 4.55 Å². The molecule has 4 atom stereocenters. The van der Waals surface area contributed by atoms with Gasteiger partial charge in [-0.2, -0.15) is 34.8 Å². The van der Waals surface area contributed by atoms with Gasteiger partial charge in [0.15, 0.2) is 0 Å². The fourth-order valence-electron chi connectivity index (χ4n) is 5.50. The van der Waals surface area contributed by atoms with Crippen LogP contribution in [0.2, 0.25) is 0 Å². The molecule has 156 valence electrons. The van der Waals surface area contributed by atoms with E-state index in [-0.39, 0.29) is 5.92 Å². The summed E-state index contributed by atoms with van der Waals surface area (Å²) >= 11 is 0. The highest BCUT2D eigenvalue weighted by atomic mass is 32.2. The van der Waals surface area contributed by atoms with Gasteiger partial charge in [0.05, 0.1) is 6.42 Å². The number of esters is 1. The number of hydrogen-bond acceptors (Lipinski definition) is 4. The van der Waals surface area contributed by atoms with Crippen molar-refractivity contribution < 1.29 is 48.8 Å². The van der Waals surface area contributed by atoms with Crippen molar-refractivity contribution in [2.24, 2.45) is 23.2 Å². The molecule has 0 saturated heterocycles. The SMILES string of the molecule is O=C(CC12CC3CC1C[C@H](C3)C2)OC(CS(=O)(=O)O)(C(F)(F)F)C(F)(F)F. The van der Waals surface area contributed by atoms with Gasteiger partial charge in [-0.05, 0) is 55.3 Å². The van der Waals surface area contributed by atoms with Crippen LogP contribution in [0, 0.1) is 23.2 Å². The molecule has 0 amide bonds. The van der Waals surface area contributed by atoms with E-state index in [1.54, 1.807) is 0 Å². The third-order valence-electron chi connectivity index (χ3n) is 6.24. The maximum Gasteiger partial charge on any atom is 0.438 e. The lowest BCUT2D eigenvalue weighted by molar-refractivity contribution is -0.361. The van der Waals surface area contributed by atoms with E-state index >= 15 is 0 Å². The van der Waals surface area contributed by atoms with E-state index in [1.807, 2.05) is 0 Å². The number of hydrogen-bond donors (Lipinski definition) is 1. The molecule has 4 rings (SSSR count). The Labute approximate surface area is 151 Å². The summed E-state index contributed by atoms with van der Waals surface area (Å²) in [5.74, 6) is -3.91. The van der Waals surface area contributed by atoms with Crippen LogP contribution in [0.5, 0.6) is 0 Å². The molecule has 12 heteroatoms. The summed E-state index contributed by atoms with van der Waals surface area (Å²) in [5, 5.41) is 0. The summed E-state index contributed by atoms with van der Waals surface area (Å²) in [6.07, 6.45) is -9.55. The van der Waals surface area contributed by atoms with Crippen molar-refractivity contribution >= 4 is 16.1 Å². The first kappa shape index (κ1) is 20.7. The molecule has 0 aromatic heterocycles. The fourth-order valence-corrected chi connectivity index (χ4v) is 6.40. The van der Waals surface area contributed by atoms with Gasteiger partial charge in [0.25, 0.3) is 10.1 Å². The van der Waals surface area contributed by atoms with Crippen LogP contribution in [0.15, 0.2) is 0 Å². The van der Waals surface area contributed by atoms with Crippen LogP contribution >= 0.6 is 0 Å². The van der Waals surface area contributed by atoms with Crippen molar-refractivity contribution in [2.45, 2.75) is 56.5 Å². The van der Waals surface area contributed by atoms with Crippen molar-refractivity contribution in [1.82, 2.24) is 0 Å². The lowest BCUT2D eigenvalue weighted by atomic mass is 9.73. The van der Waals surface area contributed by atoms with Crippen LogP contribution in [0.4, 0.5) is 26.3 Å². The number of halogens is 6. The molecular weight excluding hydrogens is 406 g/mol. The van der Waals surface area contributed by atoms with Crippen molar-refractivity contribution in [3.8, 4) is 0 Å². The quantitative estimate of drug-likeness (QED) is 0.415. The average Bonchev–Trinajstić information content (AvgIpc) is 2.77. The minimum atomic E-state index is -6.28. The molecule has 5 nitrogen and oxygen atoms in total. The molecule has 4 fully saturated rings. The number of carbonyl (C=O) groups is 1. The second kappa shape index (κ2) is 5.98. The van der Waals surface area contributed by atoms with E-state index in [0.29, 0.717) is 24.7 Å². The highest BCUT2D eigenvalue weighted by Crippen LogP contribution is 2.67. The van der Waals surface area contributed by atoms with Gasteiger partial charge in [-0.25, -0.2) is 0 Å². The molecule has 0 aromatic rings. The van der Waals surface area contributed by atoms with E-state index in [0.717, 1.165) is 19.3 Å². The molecule has 0 heterocycles. The predicted molar refractivity (Wildman–Crippen MR) is 78.0 cm³/mol. The minimum Gasteiger partial charge on any atom is -0.438 e. The van der Waals surface area contributed by atoms with Gasteiger partial charge in [0.2, 0.25) is 0 Å². The first-order valence-corrected chi connectivity index (χ1v) is 9.98. The Morgan fingerprint density at radius 3 is 1.89 bits per heavy atom. The van der Waals surface area contributed by atoms with Crippen molar-refractivity contribution in [1.29, 1.82) is 0 Å². The van der Waals surface area contributed by atoms with E-state index in [1.165, 1.54) is 0 Å². The van der Waals surface area contributed by atoms with Gasteiger partial charge in [0, 0.05) is 0 Å². The van der Waals surface area contributed by atoms with E-state index in [9.17, 15) is 39.6 Å². The second-order valence-electron chi connectivity index (χ2n) is 8.11. The maximum absolute atomic E-state index is 13.2. The Bertz CT molecular complexity index is 700. The third kappa shape index (κ3) is 3.54. The zero-order chi connectivity index (χ0) is 20.5. The minimum absolute atomic E-state index is 0.0570. The van der Waals surface area contributed by atoms with Crippen LogP contribution in [-0.4, -0.2) is 42.6 Å². The van der Waals surface area contributed by atoms with Gasteiger partial charge in [-0.1, -0.05) is 0 Å². The summed E-state index contributed by atoms with van der Waals surface area (Å²) in [6, 6.07) is 0. The Balaban J connectivity index is 1.87. The summed E-state index contributed by atoms with van der Waals surface area (Å²) in [7, 11) is -5.76. The first-order valence-electron chi connectivity index (χ1n) is 8.37. The highest BCUT2D eigenvalue weighted by molar-refractivity contribution is 7.85. The molecule has 27 heavy (non-hydrogen) atoms. The fraction of sp³-hybridized carbons (Fsp3) is 0.933. The van der Waals surface area contributed by atoms with Gasteiger partial charge in [-0.3, -0.25) is 9.35 Å². The topological polar surface area (TPSA) is 80.7 Å². The predicted octanol–water partition coefficient (Wildman–Crippen LogP) is 3.50. The van der Waals surface area contributed by atoms with Crippen LogP contribution in [0.3, 0.4) is 0 Å². The highest BCUT2D eigenvalue weighted by Gasteiger charge is 2.76. The lowest BCUT2D eigenvalue weighted by Crippen LogP contribution is -2.63. The first-order chi connectivity index (χ1) is 12.1. The molecule has 0 aliphatic heterocycles. The maximum atomic E-state index is 13.2. The molecular formula is C15H18F6O5S. The van der Waals surface area contributed by atoms with Crippen LogP contribution in [0.1, 0.15) is 38.5 Å². The van der Waals surface area contributed by atoms with Crippen molar-refractivity contribution in [2.75, 3.05) is 5.75 Å². The average molecular weight is 424 g/mol. The summed E-state index contributed by atoms with van der Waals surface area (Å²) in [6.45, 7) is 0. The van der Waals surface area contributed by atoms with Crippen LogP contribution < -0.4 is 0 Å². The number of carbonyl (C=O) groups excluding carboxylic acids is 1. The molecule has 1 N–H and O–H groups in total. The number of rotatable bonds is 5. The molecule has 4 saturated carbocycles. The Kier molecular flexibility index (Phi) is 4.58. The largest absolute Gasteiger partial charge is 0.438 e. The molecule has 0 radical (unpaired) electrons. The van der Waals surface area contributed by atoms with Gasteiger partial charge in [0.1, 0.15) is 5.75 Å². The van der Waals surface area contributed by atoms with Crippen molar-refractivity contribution in [3.05, 3.63) is 0 Å². The normalized spacial score (nSPS) is 33.5. The molecule has 3 unspecified atom stereocenters. The van der Waals surface area contributed by atoms with E-state index < -0.39 is 51.6 Å². The Morgan fingerprint density at radius 1 is 1.00 bits per heavy atom. The molecule has 4 aliphatic rings. The molecule has 4 bridgehead atoms. The van der Waals surface area contributed by atoms with E-state index in [2.05, 4.69) is 4.74 Å².